The van der Waals surface area contributed by atoms with Gasteiger partial charge in [-0.2, -0.15) is 0 Å². The van der Waals surface area contributed by atoms with Crippen molar-refractivity contribution in [2.75, 3.05) is 20.3 Å². The maximum absolute atomic E-state index is 12.7. The third-order valence-electron chi connectivity index (χ3n) is 5.59. The molecule has 2 heterocycles. The fourth-order valence-electron chi connectivity index (χ4n) is 4.13. The lowest BCUT2D eigenvalue weighted by Crippen LogP contribution is -2.43. The Morgan fingerprint density at radius 3 is 2.55 bits per heavy atom. The van der Waals surface area contributed by atoms with E-state index in [-0.39, 0.29) is 18.2 Å². The van der Waals surface area contributed by atoms with Gasteiger partial charge in [0.2, 0.25) is 0 Å². The van der Waals surface area contributed by atoms with Crippen LogP contribution in [0.2, 0.25) is 0 Å². The predicted molar refractivity (Wildman–Crippen MR) is 112 cm³/mol. The highest BCUT2D eigenvalue weighted by molar-refractivity contribution is 5.75. The maximum Gasteiger partial charge on any atom is 0.410 e. The lowest BCUT2D eigenvalue weighted by atomic mass is 9.95. The summed E-state index contributed by atoms with van der Waals surface area (Å²) in [7, 11) is 1.66. The normalized spacial score (nSPS) is 20.3. The Morgan fingerprint density at radius 2 is 1.83 bits per heavy atom. The molecular formula is C24H27NO4. The van der Waals surface area contributed by atoms with Crippen LogP contribution >= 0.6 is 0 Å². The summed E-state index contributed by atoms with van der Waals surface area (Å²) in [6, 6.07) is 18.3. The molecule has 0 saturated carbocycles. The van der Waals surface area contributed by atoms with Gasteiger partial charge >= 0.3 is 6.09 Å². The van der Waals surface area contributed by atoms with E-state index in [1.807, 2.05) is 47.4 Å². The number of hydrogen-bond acceptors (Lipinski definition) is 4. The number of nitrogens with zero attached hydrogens (tertiary/aromatic N) is 1. The number of rotatable bonds is 7. The van der Waals surface area contributed by atoms with Crippen LogP contribution in [-0.4, -0.2) is 43.4 Å². The molecule has 5 heteroatoms. The van der Waals surface area contributed by atoms with Crippen LogP contribution < -0.4 is 4.74 Å². The van der Waals surface area contributed by atoms with Crippen molar-refractivity contribution >= 4 is 11.7 Å². The summed E-state index contributed by atoms with van der Waals surface area (Å²) in [4.78, 5) is 14.6. The molecule has 0 aromatic heterocycles. The maximum atomic E-state index is 12.7. The van der Waals surface area contributed by atoms with Gasteiger partial charge in [-0.15, -0.1) is 0 Å². The van der Waals surface area contributed by atoms with Crippen LogP contribution in [-0.2, 0) is 16.1 Å². The fraction of sp³-hybridized carbons (Fsp3) is 0.375. The molecule has 2 bridgehead atoms. The minimum atomic E-state index is -0.210. The summed E-state index contributed by atoms with van der Waals surface area (Å²) in [5, 5.41) is 0. The lowest BCUT2D eigenvalue weighted by Gasteiger charge is -2.33. The minimum absolute atomic E-state index is 0.115. The van der Waals surface area contributed by atoms with Crippen LogP contribution in [0.3, 0.4) is 0 Å². The topological polar surface area (TPSA) is 48.0 Å². The van der Waals surface area contributed by atoms with Crippen LogP contribution in [0, 0.1) is 0 Å². The molecule has 5 nitrogen and oxygen atoms in total. The molecule has 1 amide bonds. The number of hydrogen-bond donors (Lipinski definition) is 0. The summed E-state index contributed by atoms with van der Waals surface area (Å²) in [5.74, 6) is 0.844. The SMILES string of the molecule is COCCOc1ccc(C2=CC3CCC(C2)N3C(=O)OCc2ccccc2)cc1. The zero-order valence-electron chi connectivity index (χ0n) is 16.8. The largest absolute Gasteiger partial charge is 0.491 e. The molecule has 2 aromatic rings. The van der Waals surface area contributed by atoms with Crippen LogP contribution in [0.1, 0.15) is 30.4 Å². The van der Waals surface area contributed by atoms with Crippen molar-refractivity contribution in [3.63, 3.8) is 0 Å². The Bertz CT molecular complexity index is 847. The summed E-state index contributed by atoms with van der Waals surface area (Å²) in [6.07, 6.45) is 4.89. The number of amides is 1. The summed E-state index contributed by atoms with van der Waals surface area (Å²) in [5.41, 5.74) is 3.50. The van der Waals surface area contributed by atoms with Crippen LogP contribution in [0.4, 0.5) is 4.79 Å². The third-order valence-corrected chi connectivity index (χ3v) is 5.59. The first-order valence-corrected chi connectivity index (χ1v) is 10.2. The highest BCUT2D eigenvalue weighted by Crippen LogP contribution is 2.39. The minimum Gasteiger partial charge on any atom is -0.491 e. The van der Waals surface area contributed by atoms with E-state index in [0.29, 0.717) is 19.8 Å². The summed E-state index contributed by atoms with van der Waals surface area (Å²) < 4.78 is 16.2. The van der Waals surface area contributed by atoms with Gasteiger partial charge in [-0.1, -0.05) is 48.5 Å². The zero-order valence-corrected chi connectivity index (χ0v) is 16.8. The average molecular weight is 393 g/mol. The molecule has 2 aliphatic heterocycles. The number of ether oxygens (including phenoxy) is 3. The van der Waals surface area contributed by atoms with Gasteiger partial charge in [-0.25, -0.2) is 4.79 Å². The second-order valence-corrected chi connectivity index (χ2v) is 7.51. The average Bonchev–Trinajstić information content (AvgIpc) is 3.03. The predicted octanol–water partition coefficient (Wildman–Crippen LogP) is 4.67. The molecule has 1 fully saturated rings. The molecule has 0 N–H and O–H groups in total. The van der Waals surface area contributed by atoms with E-state index in [2.05, 4.69) is 18.2 Å². The van der Waals surface area contributed by atoms with E-state index in [1.54, 1.807) is 7.11 Å². The van der Waals surface area contributed by atoms with Gasteiger partial charge in [0.25, 0.3) is 0 Å². The number of benzene rings is 2. The molecule has 2 aliphatic rings. The smallest absolute Gasteiger partial charge is 0.410 e. The van der Waals surface area contributed by atoms with E-state index in [9.17, 15) is 4.79 Å². The quantitative estimate of drug-likeness (QED) is 0.642. The van der Waals surface area contributed by atoms with Gasteiger partial charge in [0.15, 0.2) is 0 Å². The molecule has 0 spiro atoms. The van der Waals surface area contributed by atoms with Crippen LogP contribution in [0.25, 0.3) is 5.57 Å². The number of carbonyl (C=O) groups is 1. The highest BCUT2D eigenvalue weighted by atomic mass is 16.6. The second-order valence-electron chi connectivity index (χ2n) is 7.51. The van der Waals surface area contributed by atoms with Crippen molar-refractivity contribution < 1.29 is 19.0 Å². The molecule has 1 saturated heterocycles. The Morgan fingerprint density at radius 1 is 1.03 bits per heavy atom. The standard InChI is InChI=1S/C24H27NO4/c1-27-13-14-28-23-11-7-19(8-12-23)20-15-21-9-10-22(16-20)25(21)24(26)29-17-18-5-3-2-4-6-18/h2-8,11-12,15,21-22H,9-10,13-14,16-17H2,1H3. The van der Waals surface area contributed by atoms with Crippen LogP contribution in [0.5, 0.6) is 5.75 Å². The molecule has 0 aliphatic carbocycles. The van der Waals surface area contributed by atoms with Gasteiger partial charge in [0, 0.05) is 13.2 Å². The highest BCUT2D eigenvalue weighted by Gasteiger charge is 2.40. The van der Waals surface area contributed by atoms with Crippen molar-refractivity contribution in [1.29, 1.82) is 0 Å². The first-order chi connectivity index (χ1) is 14.2. The Labute approximate surface area is 171 Å². The molecule has 29 heavy (non-hydrogen) atoms. The molecule has 2 atom stereocenters. The number of carbonyl (C=O) groups excluding carboxylic acids is 1. The van der Waals surface area contributed by atoms with Gasteiger partial charge in [-0.05, 0) is 48.1 Å². The van der Waals surface area contributed by atoms with E-state index in [4.69, 9.17) is 14.2 Å². The Balaban J connectivity index is 1.38. The number of fused-ring (bicyclic) bond motifs is 2. The second kappa shape index (κ2) is 9.14. The summed E-state index contributed by atoms with van der Waals surface area (Å²) in [6.45, 7) is 1.44. The molecule has 152 valence electrons. The Hall–Kier alpha value is -2.79. The molecule has 4 rings (SSSR count). The first kappa shape index (κ1) is 19.5. The lowest BCUT2D eigenvalue weighted by molar-refractivity contribution is 0.0832. The van der Waals surface area contributed by atoms with Crippen molar-refractivity contribution in [3.8, 4) is 5.75 Å². The monoisotopic (exact) mass is 393 g/mol. The molecule has 0 radical (unpaired) electrons. The van der Waals surface area contributed by atoms with E-state index in [0.717, 1.165) is 30.6 Å². The molecule has 2 aromatic carbocycles. The van der Waals surface area contributed by atoms with Gasteiger partial charge in [-0.3, -0.25) is 4.90 Å². The summed E-state index contributed by atoms with van der Waals surface area (Å²) >= 11 is 0. The fourth-order valence-corrected chi connectivity index (χ4v) is 4.13. The first-order valence-electron chi connectivity index (χ1n) is 10.2. The van der Waals surface area contributed by atoms with Crippen molar-refractivity contribution in [2.45, 2.75) is 38.0 Å². The van der Waals surface area contributed by atoms with Crippen molar-refractivity contribution in [1.82, 2.24) is 4.90 Å². The van der Waals surface area contributed by atoms with E-state index in [1.165, 1.54) is 11.1 Å². The van der Waals surface area contributed by atoms with Crippen molar-refractivity contribution in [3.05, 3.63) is 71.8 Å². The zero-order chi connectivity index (χ0) is 20.1. The molecular weight excluding hydrogens is 366 g/mol. The van der Waals surface area contributed by atoms with Gasteiger partial charge < -0.3 is 14.2 Å². The third kappa shape index (κ3) is 4.62. The van der Waals surface area contributed by atoms with Crippen LogP contribution in [0.15, 0.2) is 60.7 Å². The van der Waals surface area contributed by atoms with E-state index < -0.39 is 0 Å². The van der Waals surface area contributed by atoms with Crippen molar-refractivity contribution in [2.24, 2.45) is 0 Å². The van der Waals surface area contributed by atoms with Gasteiger partial charge in [0.1, 0.15) is 19.0 Å². The Kier molecular flexibility index (Phi) is 6.15. The van der Waals surface area contributed by atoms with Gasteiger partial charge in [0.05, 0.1) is 12.6 Å². The molecule has 2 unspecified atom stereocenters. The van der Waals surface area contributed by atoms with E-state index >= 15 is 0 Å². The number of methoxy groups -OCH3 is 1.